The van der Waals surface area contributed by atoms with Crippen molar-refractivity contribution in [2.75, 3.05) is 18.1 Å². The number of anilines is 1. The fraction of sp³-hybridized carbons (Fsp3) is 0.600. The molecule has 18 heavy (non-hydrogen) atoms. The zero-order chi connectivity index (χ0) is 13.3. The van der Waals surface area contributed by atoms with Crippen molar-refractivity contribution in [2.45, 2.75) is 18.9 Å². The number of rotatable bonds is 3. The Morgan fingerprint density at radius 1 is 1.56 bits per heavy atom. The maximum Gasteiger partial charge on any atom is 0.242 e. The van der Waals surface area contributed by atoms with Gasteiger partial charge in [0, 0.05) is 19.8 Å². The third-order valence-corrected chi connectivity index (χ3v) is 4.19. The van der Waals surface area contributed by atoms with Crippen LogP contribution in [0.15, 0.2) is 12.4 Å². The topological polar surface area (TPSA) is 84.3 Å². The highest BCUT2D eigenvalue weighted by atomic mass is 32.2. The van der Waals surface area contributed by atoms with E-state index in [-0.39, 0.29) is 5.91 Å². The highest BCUT2D eigenvalue weighted by Crippen LogP contribution is 2.21. The lowest BCUT2D eigenvalue weighted by Crippen LogP contribution is -2.42. The first kappa shape index (κ1) is 13.0. The number of nitrogens with zero attached hydrogens (tertiary/aromatic N) is 3. The quantitative estimate of drug-likeness (QED) is 0.824. The van der Waals surface area contributed by atoms with Gasteiger partial charge in [-0.2, -0.15) is 9.40 Å². The standard InChI is InChI=1S/C10H16N4O3S/c1-13-7-8(6-11-13)12-10(15)9-4-3-5-14(9)18(2,16)17/h6-7,9H,3-5H2,1-2H3,(H,12,15). The van der Waals surface area contributed by atoms with Crippen LogP contribution in [0.4, 0.5) is 5.69 Å². The molecule has 1 aliphatic rings. The number of nitrogens with one attached hydrogen (secondary N) is 1. The SMILES string of the molecule is Cn1cc(NC(=O)C2CCCN2S(C)(=O)=O)cn1. The van der Waals surface area contributed by atoms with Crippen molar-refractivity contribution in [1.82, 2.24) is 14.1 Å². The van der Waals surface area contributed by atoms with Crippen molar-refractivity contribution in [3.8, 4) is 0 Å². The maximum absolute atomic E-state index is 12.0. The summed E-state index contributed by atoms with van der Waals surface area (Å²) in [6.07, 6.45) is 5.58. The monoisotopic (exact) mass is 272 g/mol. The molecule has 0 spiro atoms. The minimum Gasteiger partial charge on any atom is -0.322 e. The van der Waals surface area contributed by atoms with Crippen LogP contribution in [0, 0.1) is 0 Å². The van der Waals surface area contributed by atoms with E-state index >= 15 is 0 Å². The van der Waals surface area contributed by atoms with Crippen LogP contribution in [0.1, 0.15) is 12.8 Å². The highest BCUT2D eigenvalue weighted by Gasteiger charge is 2.36. The smallest absolute Gasteiger partial charge is 0.242 e. The van der Waals surface area contributed by atoms with Gasteiger partial charge in [0.15, 0.2) is 0 Å². The van der Waals surface area contributed by atoms with E-state index in [9.17, 15) is 13.2 Å². The summed E-state index contributed by atoms with van der Waals surface area (Å²) in [5.74, 6) is -0.300. The number of carbonyl (C=O) groups excluding carboxylic acids is 1. The van der Waals surface area contributed by atoms with Gasteiger partial charge in [0.05, 0.1) is 18.1 Å². The summed E-state index contributed by atoms with van der Waals surface area (Å²) in [6.45, 7) is 0.407. The summed E-state index contributed by atoms with van der Waals surface area (Å²) >= 11 is 0. The van der Waals surface area contributed by atoms with Crippen molar-refractivity contribution >= 4 is 21.6 Å². The van der Waals surface area contributed by atoms with E-state index in [2.05, 4.69) is 10.4 Å². The van der Waals surface area contributed by atoms with Gasteiger partial charge in [-0.15, -0.1) is 0 Å². The van der Waals surface area contributed by atoms with Crippen molar-refractivity contribution in [3.63, 3.8) is 0 Å². The number of hydrogen-bond donors (Lipinski definition) is 1. The Labute approximate surface area is 106 Å². The van der Waals surface area contributed by atoms with Crippen LogP contribution in [-0.2, 0) is 21.9 Å². The first-order chi connectivity index (χ1) is 8.38. The van der Waals surface area contributed by atoms with Crippen molar-refractivity contribution in [2.24, 2.45) is 7.05 Å². The Morgan fingerprint density at radius 3 is 2.83 bits per heavy atom. The number of aromatic nitrogens is 2. The third kappa shape index (κ3) is 2.70. The maximum atomic E-state index is 12.0. The van der Waals surface area contributed by atoms with Crippen LogP contribution in [0.25, 0.3) is 0 Å². The zero-order valence-corrected chi connectivity index (χ0v) is 11.1. The number of amides is 1. The molecule has 100 valence electrons. The van der Waals surface area contributed by atoms with Gasteiger partial charge < -0.3 is 5.32 Å². The Kier molecular flexibility index (Phi) is 3.40. The van der Waals surface area contributed by atoms with E-state index in [0.717, 1.165) is 6.26 Å². The molecule has 0 radical (unpaired) electrons. The molecule has 1 N–H and O–H groups in total. The number of sulfonamides is 1. The van der Waals surface area contributed by atoms with Crippen LogP contribution < -0.4 is 5.32 Å². The molecule has 0 saturated carbocycles. The molecule has 1 aromatic heterocycles. The second-order valence-electron chi connectivity index (χ2n) is 4.42. The van der Waals surface area contributed by atoms with Crippen LogP contribution in [0.5, 0.6) is 0 Å². The second kappa shape index (κ2) is 4.69. The number of hydrogen-bond acceptors (Lipinski definition) is 4. The first-order valence-electron chi connectivity index (χ1n) is 5.64. The van der Waals surface area contributed by atoms with Gasteiger partial charge in [0.25, 0.3) is 0 Å². The molecule has 0 bridgehead atoms. The van der Waals surface area contributed by atoms with Gasteiger partial charge >= 0.3 is 0 Å². The zero-order valence-electron chi connectivity index (χ0n) is 10.3. The summed E-state index contributed by atoms with van der Waals surface area (Å²) in [6, 6.07) is -0.611. The molecule has 8 heteroatoms. The minimum atomic E-state index is -3.33. The predicted molar refractivity (Wildman–Crippen MR) is 66.4 cm³/mol. The van der Waals surface area contributed by atoms with Gasteiger partial charge in [0.2, 0.25) is 15.9 Å². The highest BCUT2D eigenvalue weighted by molar-refractivity contribution is 7.88. The molecular formula is C10H16N4O3S. The van der Waals surface area contributed by atoms with Gasteiger partial charge in [-0.25, -0.2) is 8.42 Å². The first-order valence-corrected chi connectivity index (χ1v) is 7.49. The van der Waals surface area contributed by atoms with E-state index < -0.39 is 16.1 Å². The van der Waals surface area contributed by atoms with Crippen LogP contribution in [0.2, 0.25) is 0 Å². The van der Waals surface area contributed by atoms with Crippen molar-refractivity contribution in [1.29, 1.82) is 0 Å². The normalized spacial score (nSPS) is 21.1. The molecule has 1 aliphatic heterocycles. The van der Waals surface area contributed by atoms with Gasteiger partial charge in [-0.05, 0) is 12.8 Å². The summed E-state index contributed by atoms with van der Waals surface area (Å²) in [5.41, 5.74) is 0.572. The Bertz CT molecular complexity index is 551. The molecule has 1 amide bonds. The molecule has 1 aromatic rings. The average Bonchev–Trinajstić information content (AvgIpc) is 2.85. The predicted octanol–water partition coefficient (Wildman–Crippen LogP) is -0.217. The fourth-order valence-electron chi connectivity index (χ4n) is 2.11. The van der Waals surface area contributed by atoms with E-state index in [1.807, 2.05) is 0 Å². The Hall–Kier alpha value is -1.41. The van der Waals surface area contributed by atoms with E-state index in [4.69, 9.17) is 0 Å². The summed E-state index contributed by atoms with van der Waals surface area (Å²) in [4.78, 5) is 12.0. The molecule has 2 rings (SSSR count). The Morgan fingerprint density at radius 2 is 2.28 bits per heavy atom. The molecule has 1 unspecified atom stereocenters. The molecule has 0 aliphatic carbocycles. The molecule has 1 fully saturated rings. The molecule has 1 saturated heterocycles. The Balaban J connectivity index is 2.09. The minimum absolute atomic E-state index is 0.300. The van der Waals surface area contributed by atoms with Gasteiger partial charge in [-0.1, -0.05) is 0 Å². The van der Waals surface area contributed by atoms with Crippen molar-refractivity contribution in [3.05, 3.63) is 12.4 Å². The summed E-state index contributed by atoms with van der Waals surface area (Å²) < 4.78 is 25.9. The lowest BCUT2D eigenvalue weighted by Gasteiger charge is -2.20. The molecule has 1 atom stereocenters. The summed E-state index contributed by atoms with van der Waals surface area (Å²) in [5, 5.41) is 6.61. The molecular weight excluding hydrogens is 256 g/mol. The molecule has 7 nitrogen and oxygen atoms in total. The van der Waals surface area contributed by atoms with Crippen LogP contribution >= 0.6 is 0 Å². The molecule has 2 heterocycles. The third-order valence-electron chi connectivity index (χ3n) is 2.90. The second-order valence-corrected chi connectivity index (χ2v) is 6.36. The van der Waals surface area contributed by atoms with Gasteiger partial charge in [-0.3, -0.25) is 9.48 Å². The van der Waals surface area contributed by atoms with Gasteiger partial charge in [0.1, 0.15) is 6.04 Å². The van der Waals surface area contributed by atoms with E-state index in [1.165, 1.54) is 10.5 Å². The lowest BCUT2D eigenvalue weighted by atomic mass is 10.2. The average molecular weight is 272 g/mol. The van der Waals surface area contributed by atoms with Crippen LogP contribution in [0.3, 0.4) is 0 Å². The van der Waals surface area contributed by atoms with Crippen LogP contribution in [-0.4, -0.2) is 47.3 Å². The summed E-state index contributed by atoms with van der Waals surface area (Å²) in [7, 11) is -1.59. The van der Waals surface area contributed by atoms with Crippen molar-refractivity contribution < 1.29 is 13.2 Å². The fourth-order valence-corrected chi connectivity index (χ4v) is 3.23. The number of carbonyl (C=O) groups is 1. The number of aryl methyl sites for hydroxylation is 1. The molecule has 0 aromatic carbocycles. The van der Waals surface area contributed by atoms with E-state index in [1.54, 1.807) is 17.9 Å². The lowest BCUT2D eigenvalue weighted by molar-refractivity contribution is -0.119. The van der Waals surface area contributed by atoms with E-state index in [0.29, 0.717) is 25.1 Å². The largest absolute Gasteiger partial charge is 0.322 e.